The van der Waals surface area contributed by atoms with Crippen LogP contribution in [-0.2, 0) is 4.74 Å². The van der Waals surface area contributed by atoms with Gasteiger partial charge in [-0.1, -0.05) is 36.4 Å². The van der Waals surface area contributed by atoms with Crippen LogP contribution < -0.4 is 0 Å². The Balaban J connectivity index is 2.03. The van der Waals surface area contributed by atoms with Crippen molar-refractivity contribution in [3.8, 4) is 0 Å². The highest BCUT2D eigenvalue weighted by molar-refractivity contribution is 7.26. The molecule has 1 nitrogen and oxygen atoms in total. The summed E-state index contributed by atoms with van der Waals surface area (Å²) < 4.78 is 8.63. The van der Waals surface area contributed by atoms with Crippen LogP contribution in [-0.4, -0.2) is 6.61 Å². The molecule has 1 aromatic heterocycles. The van der Waals surface area contributed by atoms with Crippen LogP contribution in [0.1, 0.15) is 24.5 Å². The highest BCUT2D eigenvalue weighted by atomic mass is 32.1. The fourth-order valence-electron chi connectivity index (χ4n) is 2.85. The fraction of sp³-hybridized carbons (Fsp3) is 0.250. The molecule has 18 heavy (non-hydrogen) atoms. The summed E-state index contributed by atoms with van der Waals surface area (Å²) in [5, 5.41) is 2.75. The van der Waals surface area contributed by atoms with Crippen LogP contribution in [0.2, 0.25) is 0 Å². The van der Waals surface area contributed by atoms with Gasteiger partial charge in [-0.3, -0.25) is 0 Å². The Kier molecular flexibility index (Phi) is 2.39. The summed E-state index contributed by atoms with van der Waals surface area (Å²) in [5.41, 5.74) is 1.38. The van der Waals surface area contributed by atoms with Crippen molar-refractivity contribution in [2.24, 2.45) is 0 Å². The van der Waals surface area contributed by atoms with Crippen molar-refractivity contribution in [3.05, 3.63) is 48.0 Å². The summed E-state index contributed by atoms with van der Waals surface area (Å²) in [6, 6.07) is 15.3. The maximum atomic E-state index is 5.85. The zero-order valence-electron chi connectivity index (χ0n) is 10.1. The van der Waals surface area contributed by atoms with Gasteiger partial charge in [0.25, 0.3) is 0 Å². The van der Waals surface area contributed by atoms with Crippen molar-refractivity contribution in [2.45, 2.75) is 18.9 Å². The Labute approximate surface area is 110 Å². The Bertz CT molecular complexity index is 707. The predicted molar refractivity (Wildman–Crippen MR) is 77.3 cm³/mol. The second-order valence-electron chi connectivity index (χ2n) is 4.82. The summed E-state index contributed by atoms with van der Waals surface area (Å²) in [5.74, 6) is 0. The molecule has 0 saturated carbocycles. The highest BCUT2D eigenvalue weighted by Gasteiger charge is 2.21. The lowest BCUT2D eigenvalue weighted by atomic mass is 10.0. The third kappa shape index (κ3) is 1.49. The fourth-order valence-corrected chi connectivity index (χ4v) is 4.11. The van der Waals surface area contributed by atoms with Gasteiger partial charge in [-0.05, 0) is 24.5 Å². The molecular formula is C16H14OS. The van der Waals surface area contributed by atoms with Crippen LogP contribution in [0, 0.1) is 0 Å². The molecule has 0 aliphatic carbocycles. The second-order valence-corrected chi connectivity index (χ2v) is 5.88. The van der Waals surface area contributed by atoms with Crippen LogP contribution in [0.4, 0.5) is 0 Å². The molecule has 2 heterocycles. The third-order valence-corrected chi connectivity index (χ3v) is 4.95. The number of hydrogen-bond acceptors (Lipinski definition) is 2. The zero-order chi connectivity index (χ0) is 11.9. The molecule has 0 spiro atoms. The summed E-state index contributed by atoms with van der Waals surface area (Å²) in [7, 11) is 0. The molecule has 2 heteroatoms. The predicted octanol–water partition coefficient (Wildman–Crippen LogP) is 4.91. The van der Waals surface area contributed by atoms with E-state index in [4.69, 9.17) is 4.74 Å². The quantitative estimate of drug-likeness (QED) is 0.599. The first-order valence-electron chi connectivity index (χ1n) is 6.45. The molecule has 0 radical (unpaired) electrons. The molecule has 3 aromatic rings. The average molecular weight is 254 g/mol. The minimum Gasteiger partial charge on any atom is -0.373 e. The van der Waals surface area contributed by atoms with E-state index >= 15 is 0 Å². The van der Waals surface area contributed by atoms with Crippen molar-refractivity contribution in [1.29, 1.82) is 0 Å². The van der Waals surface area contributed by atoms with E-state index in [1.54, 1.807) is 0 Å². The maximum Gasteiger partial charge on any atom is 0.0839 e. The molecular weight excluding hydrogens is 240 g/mol. The Morgan fingerprint density at radius 1 is 1.00 bits per heavy atom. The summed E-state index contributed by atoms with van der Waals surface area (Å²) in [6.07, 6.45) is 2.65. The van der Waals surface area contributed by atoms with E-state index in [1.807, 2.05) is 11.3 Å². The number of thiophene rings is 1. The van der Waals surface area contributed by atoms with Crippen molar-refractivity contribution >= 4 is 31.5 Å². The maximum absolute atomic E-state index is 5.85. The van der Waals surface area contributed by atoms with Crippen molar-refractivity contribution in [1.82, 2.24) is 0 Å². The van der Waals surface area contributed by atoms with Gasteiger partial charge in [0.15, 0.2) is 0 Å². The molecule has 0 amide bonds. The van der Waals surface area contributed by atoms with E-state index in [2.05, 4.69) is 42.5 Å². The minimum absolute atomic E-state index is 0.307. The van der Waals surface area contributed by atoms with Gasteiger partial charge in [0.05, 0.1) is 6.10 Å². The van der Waals surface area contributed by atoms with Crippen molar-refractivity contribution in [3.63, 3.8) is 0 Å². The van der Waals surface area contributed by atoms with Gasteiger partial charge < -0.3 is 4.74 Å². The van der Waals surface area contributed by atoms with Crippen LogP contribution in [0.15, 0.2) is 42.5 Å². The Hall–Kier alpha value is -1.38. The first-order chi connectivity index (χ1) is 8.93. The van der Waals surface area contributed by atoms with E-state index < -0.39 is 0 Å². The largest absolute Gasteiger partial charge is 0.373 e. The minimum atomic E-state index is 0.307. The number of ether oxygens (including phenoxy) is 1. The van der Waals surface area contributed by atoms with Crippen molar-refractivity contribution in [2.75, 3.05) is 6.61 Å². The highest BCUT2D eigenvalue weighted by Crippen LogP contribution is 2.40. The van der Waals surface area contributed by atoms with E-state index in [-0.39, 0.29) is 0 Å². The van der Waals surface area contributed by atoms with Crippen LogP contribution in [0.3, 0.4) is 0 Å². The summed E-state index contributed by atoms with van der Waals surface area (Å²) in [4.78, 5) is 0. The SMILES string of the molecule is c1ccc2c(c1)sc1c([C@H]3CCCO3)cccc12. The number of rotatable bonds is 1. The van der Waals surface area contributed by atoms with E-state index in [9.17, 15) is 0 Å². The van der Waals surface area contributed by atoms with Gasteiger partial charge in [0.2, 0.25) is 0 Å². The van der Waals surface area contributed by atoms with E-state index in [0.717, 1.165) is 13.0 Å². The zero-order valence-corrected chi connectivity index (χ0v) is 10.9. The molecule has 0 N–H and O–H groups in total. The first-order valence-corrected chi connectivity index (χ1v) is 7.27. The Morgan fingerprint density at radius 3 is 2.78 bits per heavy atom. The van der Waals surface area contributed by atoms with Crippen molar-refractivity contribution < 1.29 is 4.74 Å². The Morgan fingerprint density at radius 2 is 1.89 bits per heavy atom. The average Bonchev–Trinajstić information content (AvgIpc) is 3.05. The molecule has 2 aromatic carbocycles. The summed E-state index contributed by atoms with van der Waals surface area (Å²) >= 11 is 1.90. The van der Waals surface area contributed by atoms with Gasteiger partial charge in [-0.2, -0.15) is 0 Å². The van der Waals surface area contributed by atoms with E-state index in [1.165, 1.54) is 32.2 Å². The lowest BCUT2D eigenvalue weighted by Crippen LogP contribution is -1.95. The molecule has 90 valence electrons. The topological polar surface area (TPSA) is 9.23 Å². The molecule has 1 atom stereocenters. The molecule has 4 rings (SSSR count). The monoisotopic (exact) mass is 254 g/mol. The first kappa shape index (κ1) is 10.5. The number of benzene rings is 2. The van der Waals surface area contributed by atoms with Crippen LogP contribution in [0.5, 0.6) is 0 Å². The third-order valence-electron chi connectivity index (χ3n) is 3.71. The smallest absolute Gasteiger partial charge is 0.0839 e. The van der Waals surface area contributed by atoms with Gasteiger partial charge in [-0.25, -0.2) is 0 Å². The second kappa shape index (κ2) is 4.08. The van der Waals surface area contributed by atoms with Gasteiger partial charge in [0, 0.05) is 26.8 Å². The lowest BCUT2D eigenvalue weighted by molar-refractivity contribution is 0.113. The molecule has 1 aliphatic rings. The molecule has 1 aliphatic heterocycles. The van der Waals surface area contributed by atoms with Gasteiger partial charge in [-0.15, -0.1) is 11.3 Å². The van der Waals surface area contributed by atoms with Gasteiger partial charge >= 0.3 is 0 Å². The lowest BCUT2D eigenvalue weighted by Gasteiger charge is -2.10. The molecule has 0 unspecified atom stereocenters. The number of fused-ring (bicyclic) bond motifs is 3. The van der Waals surface area contributed by atoms with Gasteiger partial charge in [0.1, 0.15) is 0 Å². The van der Waals surface area contributed by atoms with E-state index in [0.29, 0.717) is 6.10 Å². The number of hydrogen-bond donors (Lipinski definition) is 0. The molecule has 1 fully saturated rings. The molecule has 1 saturated heterocycles. The summed E-state index contributed by atoms with van der Waals surface area (Å²) in [6.45, 7) is 0.909. The van der Waals surface area contributed by atoms with Crippen LogP contribution in [0.25, 0.3) is 20.2 Å². The normalized spacial score (nSPS) is 19.9. The molecule has 0 bridgehead atoms. The standard InChI is InChI=1S/C16H14OS/c1-2-9-15-11(5-1)12-6-3-7-13(16(12)18-15)14-8-4-10-17-14/h1-3,5-7,9,14H,4,8,10H2/t14-/m1/s1. The van der Waals surface area contributed by atoms with Crippen LogP contribution >= 0.6 is 11.3 Å².